The van der Waals surface area contributed by atoms with Crippen LogP contribution in [0.5, 0.6) is 0 Å². The third-order valence-electron chi connectivity index (χ3n) is 2.85. The molecule has 4 heteroatoms. The minimum atomic E-state index is -0.573. The van der Waals surface area contributed by atoms with Gasteiger partial charge in [-0.25, -0.2) is 0 Å². The monoisotopic (exact) mass is 256 g/mol. The highest BCUT2D eigenvalue weighted by Crippen LogP contribution is 2.34. The predicted molar refractivity (Wildman–Crippen MR) is 68.5 cm³/mol. The summed E-state index contributed by atoms with van der Waals surface area (Å²) in [7, 11) is 0. The molecule has 0 spiro atoms. The van der Waals surface area contributed by atoms with Crippen molar-refractivity contribution in [3.05, 3.63) is 21.9 Å². The van der Waals surface area contributed by atoms with Crippen LogP contribution in [0, 0.1) is 0 Å². The molecule has 2 unspecified atom stereocenters. The summed E-state index contributed by atoms with van der Waals surface area (Å²) in [6.45, 7) is 8.20. The number of hydrogen-bond acceptors (Lipinski definition) is 4. The number of aliphatic hydroxyl groups is 1. The van der Waals surface area contributed by atoms with E-state index in [0.29, 0.717) is 19.8 Å². The molecular weight excluding hydrogens is 236 g/mol. The summed E-state index contributed by atoms with van der Waals surface area (Å²) >= 11 is 1.66. The molecule has 1 aliphatic rings. The van der Waals surface area contributed by atoms with Crippen LogP contribution in [0.3, 0.4) is 0 Å². The van der Waals surface area contributed by atoms with Gasteiger partial charge < -0.3 is 14.6 Å². The minimum Gasteiger partial charge on any atom is -0.385 e. The van der Waals surface area contributed by atoms with E-state index in [1.54, 1.807) is 11.3 Å². The second kappa shape index (κ2) is 5.06. The number of rotatable bonds is 2. The van der Waals surface area contributed by atoms with Crippen LogP contribution in [0.25, 0.3) is 0 Å². The summed E-state index contributed by atoms with van der Waals surface area (Å²) < 4.78 is 10.8. The highest BCUT2D eigenvalue weighted by molar-refractivity contribution is 7.12. The Bertz CT molecular complexity index is 361. The molecular formula is C13H20O3S. The Labute approximate surface area is 106 Å². The Balaban J connectivity index is 2.08. The van der Waals surface area contributed by atoms with Crippen molar-refractivity contribution in [2.45, 2.75) is 38.4 Å². The van der Waals surface area contributed by atoms with E-state index in [0.717, 1.165) is 4.88 Å². The molecule has 1 aromatic heterocycles. The van der Waals surface area contributed by atoms with Crippen LogP contribution in [-0.2, 0) is 14.9 Å². The van der Waals surface area contributed by atoms with E-state index >= 15 is 0 Å². The largest absolute Gasteiger partial charge is 0.385 e. The summed E-state index contributed by atoms with van der Waals surface area (Å²) in [6, 6.07) is 4.08. The van der Waals surface area contributed by atoms with Crippen LogP contribution in [0.1, 0.15) is 36.6 Å². The van der Waals surface area contributed by atoms with Gasteiger partial charge in [-0.15, -0.1) is 11.3 Å². The second-order valence-corrected chi connectivity index (χ2v) is 6.50. The van der Waals surface area contributed by atoms with Crippen molar-refractivity contribution in [2.75, 3.05) is 19.8 Å². The van der Waals surface area contributed by atoms with Crippen LogP contribution in [0.15, 0.2) is 12.1 Å². The van der Waals surface area contributed by atoms with Gasteiger partial charge >= 0.3 is 0 Å². The van der Waals surface area contributed by atoms with E-state index in [4.69, 9.17) is 9.47 Å². The Morgan fingerprint density at radius 3 is 2.65 bits per heavy atom. The minimum absolute atomic E-state index is 0.132. The quantitative estimate of drug-likeness (QED) is 0.883. The van der Waals surface area contributed by atoms with Crippen molar-refractivity contribution in [1.29, 1.82) is 0 Å². The maximum absolute atomic E-state index is 10.2. The summed E-state index contributed by atoms with van der Waals surface area (Å²) in [5.74, 6) is 0. The van der Waals surface area contributed by atoms with E-state index < -0.39 is 6.10 Å². The Morgan fingerprint density at radius 2 is 2.12 bits per heavy atom. The number of thiophene rings is 1. The molecule has 0 radical (unpaired) electrons. The fourth-order valence-electron chi connectivity index (χ4n) is 1.79. The summed E-state index contributed by atoms with van der Waals surface area (Å²) in [5.41, 5.74) is 0.132. The van der Waals surface area contributed by atoms with Gasteiger partial charge in [0, 0.05) is 9.75 Å². The highest BCUT2D eigenvalue weighted by atomic mass is 32.1. The first-order chi connectivity index (χ1) is 7.98. The van der Waals surface area contributed by atoms with Gasteiger partial charge in [0.25, 0.3) is 0 Å². The zero-order valence-electron chi connectivity index (χ0n) is 10.6. The SMILES string of the molecule is CC(C)(C)c1ccc(C(O)C2COCCO2)s1. The molecule has 17 heavy (non-hydrogen) atoms. The van der Waals surface area contributed by atoms with Gasteiger partial charge in [0.2, 0.25) is 0 Å². The normalized spacial score (nSPS) is 23.6. The predicted octanol–water partition coefficient (Wildman–Crippen LogP) is 2.49. The fourth-order valence-corrected chi connectivity index (χ4v) is 2.89. The molecule has 1 saturated heterocycles. The van der Waals surface area contributed by atoms with E-state index in [9.17, 15) is 5.11 Å². The molecule has 1 N–H and O–H groups in total. The topological polar surface area (TPSA) is 38.7 Å². The standard InChI is InChI=1S/C13H20O3S/c1-13(2,3)11-5-4-10(17-11)12(14)9-8-15-6-7-16-9/h4-5,9,12,14H,6-8H2,1-3H3. The maximum Gasteiger partial charge on any atom is 0.117 e. The van der Waals surface area contributed by atoms with Gasteiger partial charge in [-0.3, -0.25) is 0 Å². The van der Waals surface area contributed by atoms with Gasteiger partial charge in [0.15, 0.2) is 0 Å². The summed E-state index contributed by atoms with van der Waals surface area (Å²) in [5, 5.41) is 10.2. The molecule has 2 atom stereocenters. The lowest BCUT2D eigenvalue weighted by atomic mass is 9.95. The van der Waals surface area contributed by atoms with Gasteiger partial charge in [-0.05, 0) is 17.5 Å². The zero-order chi connectivity index (χ0) is 12.5. The lowest BCUT2D eigenvalue weighted by Crippen LogP contribution is -2.33. The molecule has 0 saturated carbocycles. The first kappa shape index (κ1) is 13.0. The zero-order valence-corrected chi connectivity index (χ0v) is 11.4. The van der Waals surface area contributed by atoms with Crippen LogP contribution < -0.4 is 0 Å². The summed E-state index contributed by atoms with van der Waals surface area (Å²) in [4.78, 5) is 2.24. The molecule has 0 amide bonds. The molecule has 1 fully saturated rings. The van der Waals surface area contributed by atoms with Crippen molar-refractivity contribution in [1.82, 2.24) is 0 Å². The van der Waals surface area contributed by atoms with Crippen molar-refractivity contribution in [3.8, 4) is 0 Å². The third-order valence-corrected chi connectivity index (χ3v) is 4.43. The van der Waals surface area contributed by atoms with Crippen LogP contribution in [0.4, 0.5) is 0 Å². The van der Waals surface area contributed by atoms with E-state index in [-0.39, 0.29) is 11.5 Å². The smallest absolute Gasteiger partial charge is 0.117 e. The lowest BCUT2D eigenvalue weighted by molar-refractivity contribution is -0.132. The fraction of sp³-hybridized carbons (Fsp3) is 0.692. The van der Waals surface area contributed by atoms with Crippen molar-refractivity contribution < 1.29 is 14.6 Å². The van der Waals surface area contributed by atoms with E-state index in [1.807, 2.05) is 6.07 Å². The highest BCUT2D eigenvalue weighted by Gasteiger charge is 2.27. The molecule has 1 aromatic rings. The molecule has 3 nitrogen and oxygen atoms in total. The lowest BCUT2D eigenvalue weighted by Gasteiger charge is -2.26. The van der Waals surface area contributed by atoms with Crippen LogP contribution in [-0.4, -0.2) is 31.0 Å². The molecule has 0 aromatic carbocycles. The van der Waals surface area contributed by atoms with E-state index in [1.165, 1.54) is 4.88 Å². The third kappa shape index (κ3) is 3.07. The van der Waals surface area contributed by atoms with Crippen molar-refractivity contribution in [3.63, 3.8) is 0 Å². The number of hydrogen-bond donors (Lipinski definition) is 1. The van der Waals surface area contributed by atoms with Gasteiger partial charge in [-0.2, -0.15) is 0 Å². The Morgan fingerprint density at radius 1 is 1.35 bits per heavy atom. The summed E-state index contributed by atoms with van der Waals surface area (Å²) in [6.07, 6.45) is -0.799. The molecule has 1 aliphatic heterocycles. The van der Waals surface area contributed by atoms with Crippen LogP contribution >= 0.6 is 11.3 Å². The van der Waals surface area contributed by atoms with Crippen molar-refractivity contribution >= 4 is 11.3 Å². The molecule has 0 aliphatic carbocycles. The number of aliphatic hydroxyl groups excluding tert-OH is 1. The average molecular weight is 256 g/mol. The molecule has 2 heterocycles. The molecule has 0 bridgehead atoms. The molecule has 2 rings (SSSR count). The van der Waals surface area contributed by atoms with E-state index in [2.05, 4.69) is 26.8 Å². The van der Waals surface area contributed by atoms with Gasteiger partial charge in [-0.1, -0.05) is 20.8 Å². The van der Waals surface area contributed by atoms with Crippen LogP contribution in [0.2, 0.25) is 0 Å². The van der Waals surface area contributed by atoms with Crippen molar-refractivity contribution in [2.24, 2.45) is 0 Å². The Hall–Kier alpha value is -0.420. The first-order valence-electron chi connectivity index (χ1n) is 5.96. The molecule has 96 valence electrons. The second-order valence-electron chi connectivity index (χ2n) is 5.38. The van der Waals surface area contributed by atoms with Gasteiger partial charge in [0.1, 0.15) is 12.2 Å². The number of ether oxygens (including phenoxy) is 2. The first-order valence-corrected chi connectivity index (χ1v) is 6.78. The maximum atomic E-state index is 10.2. The Kier molecular flexibility index (Phi) is 3.88. The average Bonchev–Trinajstić information content (AvgIpc) is 2.78. The van der Waals surface area contributed by atoms with Gasteiger partial charge in [0.05, 0.1) is 19.8 Å².